The molecule has 0 aliphatic rings. The first kappa shape index (κ1) is 13.4. The normalized spacial score (nSPS) is 10.3. The van der Waals surface area contributed by atoms with Gasteiger partial charge in [0.15, 0.2) is 0 Å². The number of nitrogen functional groups attached to an aromatic ring is 1. The smallest absolute Gasteiger partial charge is 0.255 e. The average Bonchev–Trinajstić information content (AvgIpc) is 2.32. The fraction of sp³-hybridized carbons (Fsp3) is 0.133. The van der Waals surface area contributed by atoms with E-state index in [2.05, 4.69) is 5.32 Å². The number of hydrogen-bond acceptors (Lipinski definition) is 2. The van der Waals surface area contributed by atoms with Crippen LogP contribution in [0.2, 0.25) is 5.02 Å². The minimum Gasteiger partial charge on any atom is -0.399 e. The number of carbonyl (C=O) groups is 1. The van der Waals surface area contributed by atoms with E-state index < -0.39 is 0 Å². The lowest BCUT2D eigenvalue weighted by atomic mass is 10.1. The Morgan fingerprint density at radius 1 is 1.21 bits per heavy atom. The first-order valence-corrected chi connectivity index (χ1v) is 6.29. The van der Waals surface area contributed by atoms with Crippen LogP contribution in [-0.2, 0) is 0 Å². The van der Waals surface area contributed by atoms with Gasteiger partial charge in [0.2, 0.25) is 0 Å². The molecule has 0 bridgehead atoms. The third-order valence-corrected chi connectivity index (χ3v) is 3.14. The molecule has 2 rings (SSSR count). The van der Waals surface area contributed by atoms with E-state index in [1.165, 1.54) is 0 Å². The van der Waals surface area contributed by atoms with Crippen molar-refractivity contribution in [2.24, 2.45) is 0 Å². The molecule has 4 heteroatoms. The summed E-state index contributed by atoms with van der Waals surface area (Å²) in [6, 6.07) is 10.7. The second kappa shape index (κ2) is 5.33. The molecule has 98 valence electrons. The molecular weight excluding hydrogens is 260 g/mol. The molecule has 2 aromatic rings. The van der Waals surface area contributed by atoms with Crippen molar-refractivity contribution in [1.29, 1.82) is 0 Å². The summed E-state index contributed by atoms with van der Waals surface area (Å²) in [6.45, 7) is 3.79. The van der Waals surface area contributed by atoms with Gasteiger partial charge in [0.25, 0.3) is 5.91 Å². The summed E-state index contributed by atoms with van der Waals surface area (Å²) in [4.78, 5) is 12.2. The fourth-order valence-corrected chi connectivity index (χ4v) is 2.19. The summed E-state index contributed by atoms with van der Waals surface area (Å²) in [5, 5.41) is 3.34. The van der Waals surface area contributed by atoms with Gasteiger partial charge in [-0.1, -0.05) is 23.7 Å². The number of halogens is 1. The number of nitrogens with one attached hydrogen (secondary N) is 1. The van der Waals surface area contributed by atoms with Crippen LogP contribution < -0.4 is 11.1 Å². The van der Waals surface area contributed by atoms with Gasteiger partial charge >= 0.3 is 0 Å². The molecule has 0 heterocycles. The van der Waals surface area contributed by atoms with E-state index in [1.54, 1.807) is 18.2 Å². The Labute approximate surface area is 117 Å². The first-order chi connectivity index (χ1) is 8.97. The molecule has 0 aromatic heterocycles. The van der Waals surface area contributed by atoms with Gasteiger partial charge in [-0.3, -0.25) is 4.79 Å². The lowest BCUT2D eigenvalue weighted by Crippen LogP contribution is -2.13. The third-order valence-electron chi connectivity index (χ3n) is 2.82. The molecule has 0 aliphatic heterocycles. The Morgan fingerprint density at radius 2 is 1.95 bits per heavy atom. The zero-order chi connectivity index (χ0) is 14.0. The molecule has 1 amide bonds. The van der Waals surface area contributed by atoms with Crippen LogP contribution in [0.5, 0.6) is 0 Å². The van der Waals surface area contributed by atoms with Gasteiger partial charge in [-0.2, -0.15) is 0 Å². The standard InChI is InChI=1S/C15H15ClN2O/c1-9-6-11(8-12(17)7-9)15(19)18-14-10(2)4-3-5-13(14)16/h3-8H,17H2,1-2H3,(H,18,19). The van der Waals surface area contributed by atoms with Crippen molar-refractivity contribution in [3.63, 3.8) is 0 Å². The van der Waals surface area contributed by atoms with Gasteiger partial charge < -0.3 is 11.1 Å². The number of benzene rings is 2. The van der Waals surface area contributed by atoms with E-state index in [0.29, 0.717) is 22.0 Å². The third kappa shape index (κ3) is 3.06. The second-order valence-corrected chi connectivity index (χ2v) is 4.93. The van der Waals surface area contributed by atoms with Crippen LogP contribution >= 0.6 is 11.6 Å². The highest BCUT2D eigenvalue weighted by molar-refractivity contribution is 6.34. The minimum absolute atomic E-state index is 0.216. The maximum atomic E-state index is 12.2. The van der Waals surface area contributed by atoms with E-state index in [0.717, 1.165) is 11.1 Å². The molecule has 0 saturated carbocycles. The molecule has 0 radical (unpaired) electrons. The Balaban J connectivity index is 2.31. The molecule has 2 aromatic carbocycles. The summed E-state index contributed by atoms with van der Waals surface area (Å²) in [5.41, 5.74) is 9.34. The maximum Gasteiger partial charge on any atom is 0.255 e. The molecule has 0 unspecified atom stereocenters. The quantitative estimate of drug-likeness (QED) is 0.819. The van der Waals surface area contributed by atoms with Gasteiger partial charge in [-0.05, 0) is 49.2 Å². The molecular formula is C15H15ClN2O. The number of rotatable bonds is 2. The van der Waals surface area contributed by atoms with Crippen LogP contribution in [0.1, 0.15) is 21.5 Å². The van der Waals surface area contributed by atoms with Gasteiger partial charge in [0.1, 0.15) is 0 Å². The number of nitrogens with two attached hydrogens (primary N) is 1. The van der Waals surface area contributed by atoms with Gasteiger partial charge in [0.05, 0.1) is 10.7 Å². The number of anilines is 2. The lowest BCUT2D eigenvalue weighted by molar-refractivity contribution is 0.102. The number of para-hydroxylation sites is 1. The van der Waals surface area contributed by atoms with E-state index >= 15 is 0 Å². The predicted octanol–water partition coefficient (Wildman–Crippen LogP) is 3.79. The Bertz CT molecular complexity index is 598. The van der Waals surface area contributed by atoms with Crippen LogP contribution in [0.4, 0.5) is 11.4 Å². The summed E-state index contributed by atoms with van der Waals surface area (Å²) in [5.74, 6) is -0.216. The van der Waals surface area contributed by atoms with Crippen LogP contribution in [0.15, 0.2) is 36.4 Å². The second-order valence-electron chi connectivity index (χ2n) is 4.52. The minimum atomic E-state index is -0.216. The van der Waals surface area contributed by atoms with Crippen molar-refractivity contribution in [2.45, 2.75) is 13.8 Å². The molecule has 3 N–H and O–H groups in total. The first-order valence-electron chi connectivity index (χ1n) is 5.91. The molecule has 0 spiro atoms. The lowest BCUT2D eigenvalue weighted by Gasteiger charge is -2.11. The monoisotopic (exact) mass is 274 g/mol. The van der Waals surface area contributed by atoms with Gasteiger partial charge in [-0.15, -0.1) is 0 Å². The van der Waals surface area contributed by atoms with Crippen molar-refractivity contribution in [2.75, 3.05) is 11.1 Å². The highest BCUT2D eigenvalue weighted by Crippen LogP contribution is 2.26. The molecule has 3 nitrogen and oxygen atoms in total. The average molecular weight is 275 g/mol. The summed E-state index contributed by atoms with van der Waals surface area (Å²) in [7, 11) is 0. The van der Waals surface area contributed by atoms with Crippen LogP contribution in [-0.4, -0.2) is 5.91 Å². The summed E-state index contributed by atoms with van der Waals surface area (Å²) in [6.07, 6.45) is 0. The van der Waals surface area contributed by atoms with Crippen LogP contribution in [0, 0.1) is 13.8 Å². The van der Waals surface area contributed by atoms with E-state index in [4.69, 9.17) is 17.3 Å². The zero-order valence-electron chi connectivity index (χ0n) is 10.8. The SMILES string of the molecule is Cc1cc(N)cc(C(=O)Nc2c(C)cccc2Cl)c1. The van der Waals surface area contributed by atoms with Crippen molar-refractivity contribution in [3.05, 3.63) is 58.1 Å². The molecule has 0 aliphatic carbocycles. The fourth-order valence-electron chi connectivity index (χ4n) is 1.92. The van der Waals surface area contributed by atoms with Crippen molar-refractivity contribution in [3.8, 4) is 0 Å². The van der Waals surface area contributed by atoms with Gasteiger partial charge in [0, 0.05) is 11.3 Å². The Morgan fingerprint density at radius 3 is 2.58 bits per heavy atom. The molecule has 19 heavy (non-hydrogen) atoms. The largest absolute Gasteiger partial charge is 0.399 e. The Hall–Kier alpha value is -2.00. The van der Waals surface area contributed by atoms with E-state index in [-0.39, 0.29) is 5.91 Å². The Kier molecular flexibility index (Phi) is 3.76. The van der Waals surface area contributed by atoms with Crippen molar-refractivity contribution in [1.82, 2.24) is 0 Å². The van der Waals surface area contributed by atoms with Gasteiger partial charge in [-0.25, -0.2) is 0 Å². The highest BCUT2D eigenvalue weighted by atomic mass is 35.5. The molecule has 0 atom stereocenters. The molecule has 0 fully saturated rings. The zero-order valence-corrected chi connectivity index (χ0v) is 11.6. The summed E-state index contributed by atoms with van der Waals surface area (Å²) >= 11 is 6.08. The van der Waals surface area contributed by atoms with Crippen molar-refractivity contribution < 1.29 is 4.79 Å². The summed E-state index contributed by atoms with van der Waals surface area (Å²) < 4.78 is 0. The van der Waals surface area contributed by atoms with Crippen LogP contribution in [0.3, 0.4) is 0 Å². The predicted molar refractivity (Wildman–Crippen MR) is 79.7 cm³/mol. The maximum absolute atomic E-state index is 12.2. The number of hydrogen-bond donors (Lipinski definition) is 2. The van der Waals surface area contributed by atoms with E-state index in [9.17, 15) is 4.79 Å². The van der Waals surface area contributed by atoms with E-state index in [1.807, 2.05) is 32.0 Å². The highest BCUT2D eigenvalue weighted by Gasteiger charge is 2.11. The number of carbonyl (C=O) groups excluding carboxylic acids is 1. The number of aryl methyl sites for hydroxylation is 2. The van der Waals surface area contributed by atoms with Crippen molar-refractivity contribution >= 4 is 28.9 Å². The van der Waals surface area contributed by atoms with Crippen LogP contribution in [0.25, 0.3) is 0 Å². The topological polar surface area (TPSA) is 55.1 Å². The molecule has 0 saturated heterocycles. The number of amides is 1.